The number of ether oxygens (including phenoxy) is 2. The maximum Gasteiger partial charge on any atom is 0.645 e. The van der Waals surface area contributed by atoms with Crippen molar-refractivity contribution in [1.82, 2.24) is 0 Å². The molecule has 0 bridgehead atoms. The Morgan fingerprint density at radius 1 is 0.323 bits per heavy atom. The quantitative estimate of drug-likeness (QED) is 0.0271. The SMILES string of the molecule is CC=CC(=O)OCCC[Si](O[Si](C)(C)C)(O[Si](C)(C)C)O[Si](O[Si](C)(C)C)(O[Si](C)(C)C)O[Si](O[Si](C)(C)C)(O[Si](C)(C)C)O[Si](CCCOC(=O)C=CC)(O[Si](C)(C)C)O[Si](C)(C)C. The van der Waals surface area contributed by atoms with Crippen LogP contribution in [0.25, 0.3) is 0 Å². The van der Waals surface area contributed by atoms with E-state index in [4.69, 9.17) is 54.7 Å². The molecule has 65 heavy (non-hydrogen) atoms. The smallest absolute Gasteiger partial charge is 0.463 e. The monoisotopic (exact) mass is 1130 g/mol. The first kappa shape index (κ1) is 65.6. The van der Waals surface area contributed by atoms with Gasteiger partial charge in [0.25, 0.3) is 0 Å². The molecule has 0 aromatic heterocycles. The third kappa shape index (κ3) is 32.2. The molecule has 0 rings (SSSR count). The molecule has 0 N–H and O–H groups in total. The highest BCUT2D eigenvalue weighted by atomic mass is 28.6. The van der Waals surface area contributed by atoms with Gasteiger partial charge in [-0.15, -0.1) is 0 Å². The Labute approximate surface area is 409 Å². The summed E-state index contributed by atoms with van der Waals surface area (Å²) in [7, 11) is -38.1. The summed E-state index contributed by atoms with van der Waals surface area (Å²) < 4.78 is 93.0. The van der Waals surface area contributed by atoms with Crippen molar-refractivity contribution in [3.05, 3.63) is 24.3 Å². The van der Waals surface area contributed by atoms with Crippen LogP contribution < -0.4 is 0 Å². The third-order valence-electron chi connectivity index (χ3n) is 6.73. The number of allylic oxidation sites excluding steroid dienone is 2. The van der Waals surface area contributed by atoms with Crippen LogP contribution in [0.2, 0.25) is 169 Å². The van der Waals surface area contributed by atoms with Gasteiger partial charge in [0.15, 0.2) is 66.5 Å². The second-order valence-electron chi connectivity index (χ2n) is 23.9. The van der Waals surface area contributed by atoms with Gasteiger partial charge in [-0.1, -0.05) is 12.2 Å². The zero-order chi connectivity index (χ0) is 51.4. The van der Waals surface area contributed by atoms with Crippen molar-refractivity contribution < 1.29 is 64.3 Å². The number of hydrogen-bond acceptors (Lipinski definition) is 15. The van der Waals surface area contributed by atoms with Crippen LogP contribution in [0.5, 0.6) is 0 Å². The molecule has 0 aliphatic rings. The highest BCUT2D eigenvalue weighted by Crippen LogP contribution is 2.40. The van der Waals surface area contributed by atoms with Crippen molar-refractivity contribution in [3.63, 3.8) is 0 Å². The Hall–Kier alpha value is 0.583. The van der Waals surface area contributed by atoms with E-state index >= 15 is 0 Å². The van der Waals surface area contributed by atoms with Gasteiger partial charge in [0.1, 0.15) is 0 Å². The second-order valence-corrected chi connectivity index (χ2v) is 72.4. The minimum atomic E-state index is -4.66. The highest BCUT2D eigenvalue weighted by molar-refractivity contribution is 6.96. The van der Waals surface area contributed by atoms with Crippen LogP contribution >= 0.6 is 0 Å². The van der Waals surface area contributed by atoms with Crippen molar-refractivity contribution in [2.75, 3.05) is 13.2 Å². The zero-order valence-electron chi connectivity index (χ0n) is 45.7. The Balaban J connectivity index is 8.91. The molecule has 27 heteroatoms. The summed E-state index contributed by atoms with van der Waals surface area (Å²) in [5.74, 6) is -0.864. The molecule has 0 atom stereocenters. The third-order valence-corrected chi connectivity index (χ3v) is 43.7. The summed E-state index contributed by atoms with van der Waals surface area (Å²) in [5, 5.41) is 0. The molecule has 0 amide bonds. The first-order valence-corrected chi connectivity index (χ1v) is 57.4. The van der Waals surface area contributed by atoms with Crippen LogP contribution in [-0.2, 0) is 64.3 Å². The first-order chi connectivity index (χ1) is 28.7. The molecule has 0 aliphatic carbocycles. The second kappa shape index (κ2) is 25.3. The molecule has 0 fully saturated rings. The molecule has 0 spiro atoms. The van der Waals surface area contributed by atoms with Gasteiger partial charge in [-0.3, -0.25) is 0 Å². The molecular formula is C38H94O15Si12. The van der Waals surface area contributed by atoms with E-state index in [0.29, 0.717) is 12.8 Å². The fourth-order valence-corrected chi connectivity index (χ4v) is 50.4. The topological polar surface area (TPSA) is 154 Å². The lowest BCUT2D eigenvalue weighted by molar-refractivity contribution is -0.138. The van der Waals surface area contributed by atoms with E-state index in [1.807, 2.05) is 0 Å². The van der Waals surface area contributed by atoms with Gasteiger partial charge in [0, 0.05) is 24.2 Å². The van der Waals surface area contributed by atoms with Crippen LogP contribution in [0, 0.1) is 0 Å². The standard InChI is InChI=1S/C38H94O15Si12/c1-27-31-37(39)41-33-29-35-62(43-54(3,4)5,44-55(6,7)8)51-64(47-58(15,16)17,48-59(18,19)20)53-65(49-60(21,22)23,50-61(24,25)26)52-63(45-56(9,10)11,46-57(12,13)14)36-30-34-42-38(40)32-28-2/h27-28,31-32H,29-30,33-36H2,1-26H3. The summed E-state index contributed by atoms with van der Waals surface area (Å²) >= 11 is 0. The summed E-state index contributed by atoms with van der Waals surface area (Å²) in [6.07, 6.45) is 6.85. The number of esters is 2. The van der Waals surface area contributed by atoms with E-state index in [-0.39, 0.29) is 25.3 Å². The van der Waals surface area contributed by atoms with Gasteiger partial charge in [-0.25, -0.2) is 9.59 Å². The number of hydrogen-bond donors (Lipinski definition) is 0. The van der Waals surface area contributed by atoms with E-state index in [2.05, 4.69) is 157 Å². The maximum atomic E-state index is 12.5. The van der Waals surface area contributed by atoms with Gasteiger partial charge in [0.05, 0.1) is 13.2 Å². The van der Waals surface area contributed by atoms with Gasteiger partial charge in [-0.05, 0) is 184 Å². The average Bonchev–Trinajstić information content (AvgIpc) is 2.94. The molecule has 0 aromatic carbocycles. The van der Waals surface area contributed by atoms with Gasteiger partial charge in [-0.2, -0.15) is 0 Å². The molecule has 0 heterocycles. The normalized spacial score (nSPS) is 15.0. The molecule has 0 saturated heterocycles. The van der Waals surface area contributed by atoms with Crippen molar-refractivity contribution in [1.29, 1.82) is 0 Å². The van der Waals surface area contributed by atoms with Crippen LogP contribution in [-0.4, -0.2) is 127 Å². The van der Waals surface area contributed by atoms with Gasteiger partial charge < -0.3 is 54.7 Å². The Kier molecular flexibility index (Phi) is 25.5. The highest BCUT2D eigenvalue weighted by Gasteiger charge is 2.70. The fourth-order valence-electron chi connectivity index (χ4n) is 5.87. The minimum Gasteiger partial charge on any atom is -0.463 e. The molecular weight excluding hydrogens is 1030 g/mol. The molecule has 15 nitrogen and oxygen atoms in total. The number of rotatable bonds is 32. The largest absolute Gasteiger partial charge is 0.645 e. The minimum absolute atomic E-state index is 0.115. The van der Waals surface area contributed by atoms with Crippen LogP contribution in [0.1, 0.15) is 26.7 Å². The Morgan fingerprint density at radius 2 is 0.538 bits per heavy atom. The predicted molar refractivity (Wildman–Crippen MR) is 292 cm³/mol. The average molecular weight is 1130 g/mol. The van der Waals surface area contributed by atoms with Crippen molar-refractivity contribution in [2.24, 2.45) is 0 Å². The lowest BCUT2D eigenvalue weighted by Gasteiger charge is -2.50. The van der Waals surface area contributed by atoms with Crippen molar-refractivity contribution in [3.8, 4) is 0 Å². The zero-order valence-corrected chi connectivity index (χ0v) is 57.7. The van der Waals surface area contributed by atoms with E-state index in [0.717, 1.165) is 0 Å². The van der Waals surface area contributed by atoms with E-state index in [1.165, 1.54) is 12.2 Å². The molecule has 0 unspecified atom stereocenters. The number of carbonyl (C=O) groups is 2. The molecule has 0 saturated carbocycles. The van der Waals surface area contributed by atoms with Crippen LogP contribution in [0.3, 0.4) is 0 Å². The van der Waals surface area contributed by atoms with Crippen molar-refractivity contribution in [2.45, 2.75) is 196 Å². The molecule has 0 radical (unpaired) electrons. The van der Waals surface area contributed by atoms with E-state index in [1.54, 1.807) is 26.0 Å². The number of carbonyl (C=O) groups excluding carboxylic acids is 2. The molecule has 0 aromatic rings. The van der Waals surface area contributed by atoms with E-state index < -0.39 is 114 Å². The summed E-state index contributed by atoms with van der Waals surface area (Å²) in [4.78, 5) is 25.0. The predicted octanol–water partition coefficient (Wildman–Crippen LogP) is 11.6. The Morgan fingerprint density at radius 3 is 0.723 bits per heavy atom. The van der Waals surface area contributed by atoms with Crippen LogP contribution in [0.4, 0.5) is 0 Å². The fraction of sp³-hybridized carbons (Fsp3) is 0.842. The Bertz CT molecular complexity index is 1360. The molecule has 0 aliphatic heterocycles. The lowest BCUT2D eigenvalue weighted by Crippen LogP contribution is -2.75. The van der Waals surface area contributed by atoms with Gasteiger partial charge in [0.2, 0.25) is 0 Å². The lowest BCUT2D eigenvalue weighted by atomic mass is 10.5. The summed E-state index contributed by atoms with van der Waals surface area (Å²) in [6.45, 7) is 53.8. The summed E-state index contributed by atoms with van der Waals surface area (Å²) in [6, 6.07) is 0.572. The van der Waals surface area contributed by atoms with Crippen molar-refractivity contribution >= 4 is 114 Å². The maximum absolute atomic E-state index is 12.5. The van der Waals surface area contributed by atoms with Crippen LogP contribution in [0.15, 0.2) is 24.3 Å². The van der Waals surface area contributed by atoms with E-state index in [9.17, 15) is 9.59 Å². The van der Waals surface area contributed by atoms with Gasteiger partial charge >= 0.3 is 47.6 Å². The molecule has 384 valence electrons. The summed E-state index contributed by atoms with van der Waals surface area (Å²) in [5.41, 5.74) is 0. The first-order valence-electron chi connectivity index (χ1n) is 23.0.